The molecule has 29 heavy (non-hydrogen) atoms. The third kappa shape index (κ3) is 5.80. The molecule has 7 nitrogen and oxygen atoms in total. The lowest BCUT2D eigenvalue weighted by Gasteiger charge is -2.10. The summed E-state index contributed by atoms with van der Waals surface area (Å²) in [7, 11) is 3.79. The summed E-state index contributed by atoms with van der Waals surface area (Å²) in [6.07, 6.45) is -0.548. The summed E-state index contributed by atoms with van der Waals surface area (Å²) >= 11 is 2.78. The standard InChI is InChI=1S/C20H22N4O3S2/c1-24(2)9-10-27-20(26)23-18-8-7-17(29-18)19(25)22-15-12-13(5-6-14(15)21)16-4-3-11-28-16/h3-8,11-12H,9-10,21H2,1-2H3,(H,22,25)(H,23,26). The zero-order valence-electron chi connectivity index (χ0n) is 16.1. The van der Waals surface area contributed by atoms with Gasteiger partial charge in [0.25, 0.3) is 5.91 Å². The van der Waals surface area contributed by atoms with E-state index < -0.39 is 6.09 Å². The smallest absolute Gasteiger partial charge is 0.412 e. The van der Waals surface area contributed by atoms with Gasteiger partial charge >= 0.3 is 6.09 Å². The third-order valence-corrected chi connectivity index (χ3v) is 5.85. The first kappa shape index (κ1) is 20.8. The van der Waals surface area contributed by atoms with Gasteiger partial charge in [0.1, 0.15) is 6.61 Å². The van der Waals surface area contributed by atoms with Crippen LogP contribution in [0.5, 0.6) is 0 Å². The van der Waals surface area contributed by atoms with E-state index >= 15 is 0 Å². The number of carbonyl (C=O) groups is 2. The molecule has 9 heteroatoms. The van der Waals surface area contributed by atoms with Crippen LogP contribution in [0.3, 0.4) is 0 Å². The Balaban J connectivity index is 1.62. The van der Waals surface area contributed by atoms with Gasteiger partial charge in [-0.2, -0.15) is 0 Å². The quantitative estimate of drug-likeness (QED) is 0.482. The van der Waals surface area contributed by atoms with E-state index in [9.17, 15) is 9.59 Å². The van der Waals surface area contributed by atoms with Crippen molar-refractivity contribution < 1.29 is 14.3 Å². The zero-order chi connectivity index (χ0) is 20.8. The van der Waals surface area contributed by atoms with Crippen molar-refractivity contribution in [3.8, 4) is 10.4 Å². The molecule has 0 bridgehead atoms. The molecule has 0 saturated carbocycles. The van der Waals surface area contributed by atoms with Crippen LogP contribution in [0.1, 0.15) is 9.67 Å². The molecule has 0 fully saturated rings. The van der Waals surface area contributed by atoms with Gasteiger partial charge in [0.2, 0.25) is 0 Å². The van der Waals surface area contributed by atoms with E-state index in [4.69, 9.17) is 10.5 Å². The van der Waals surface area contributed by atoms with E-state index in [0.717, 1.165) is 21.8 Å². The van der Waals surface area contributed by atoms with Gasteiger partial charge < -0.3 is 20.7 Å². The number of hydrogen-bond donors (Lipinski definition) is 3. The van der Waals surface area contributed by atoms with Gasteiger partial charge in [-0.1, -0.05) is 12.1 Å². The lowest BCUT2D eigenvalue weighted by Crippen LogP contribution is -2.22. The summed E-state index contributed by atoms with van der Waals surface area (Å²) in [5, 5.41) is 8.00. The Morgan fingerprint density at radius 3 is 2.69 bits per heavy atom. The van der Waals surface area contributed by atoms with Crippen molar-refractivity contribution in [2.24, 2.45) is 0 Å². The summed E-state index contributed by atoms with van der Waals surface area (Å²) < 4.78 is 5.09. The maximum absolute atomic E-state index is 12.6. The van der Waals surface area contributed by atoms with Gasteiger partial charge in [-0.15, -0.1) is 22.7 Å². The van der Waals surface area contributed by atoms with Crippen molar-refractivity contribution in [3.63, 3.8) is 0 Å². The van der Waals surface area contributed by atoms with Crippen molar-refractivity contribution in [1.29, 1.82) is 0 Å². The largest absolute Gasteiger partial charge is 0.448 e. The highest BCUT2D eigenvalue weighted by molar-refractivity contribution is 7.18. The molecule has 0 aliphatic rings. The molecule has 0 aliphatic carbocycles. The fourth-order valence-electron chi connectivity index (χ4n) is 2.43. The van der Waals surface area contributed by atoms with E-state index in [-0.39, 0.29) is 12.5 Å². The molecule has 0 unspecified atom stereocenters. The average Bonchev–Trinajstić information content (AvgIpc) is 3.35. The number of ether oxygens (including phenoxy) is 1. The van der Waals surface area contributed by atoms with Gasteiger partial charge in [0.15, 0.2) is 0 Å². The third-order valence-electron chi connectivity index (χ3n) is 3.93. The summed E-state index contributed by atoms with van der Waals surface area (Å²) in [4.78, 5) is 27.9. The zero-order valence-corrected chi connectivity index (χ0v) is 17.7. The fourth-order valence-corrected chi connectivity index (χ4v) is 3.94. The Kier molecular flexibility index (Phi) is 6.86. The molecule has 0 saturated heterocycles. The minimum atomic E-state index is -0.548. The predicted molar refractivity (Wildman–Crippen MR) is 120 cm³/mol. The summed E-state index contributed by atoms with van der Waals surface area (Å²) in [6.45, 7) is 0.925. The number of hydrogen-bond acceptors (Lipinski definition) is 7. The molecule has 2 aromatic heterocycles. The van der Waals surface area contributed by atoms with Crippen LogP contribution in [0, 0.1) is 0 Å². The predicted octanol–water partition coefficient (Wildman–Crippen LogP) is 4.42. The van der Waals surface area contributed by atoms with Crippen LogP contribution >= 0.6 is 22.7 Å². The van der Waals surface area contributed by atoms with Crippen LogP contribution < -0.4 is 16.4 Å². The maximum Gasteiger partial charge on any atom is 0.412 e. The average molecular weight is 431 g/mol. The van der Waals surface area contributed by atoms with Gasteiger partial charge in [-0.25, -0.2) is 4.79 Å². The van der Waals surface area contributed by atoms with Crippen molar-refractivity contribution in [2.75, 3.05) is 43.6 Å². The van der Waals surface area contributed by atoms with Crippen LogP contribution in [0.25, 0.3) is 10.4 Å². The number of rotatable bonds is 7. The highest BCUT2D eigenvalue weighted by atomic mass is 32.1. The number of nitrogens with zero attached hydrogens (tertiary/aromatic N) is 1. The Bertz CT molecular complexity index is 984. The first-order chi connectivity index (χ1) is 13.9. The molecule has 1 aromatic carbocycles. The molecule has 3 aromatic rings. The second-order valence-electron chi connectivity index (χ2n) is 6.46. The molecular formula is C20H22N4O3S2. The Morgan fingerprint density at radius 1 is 1.14 bits per heavy atom. The number of benzene rings is 1. The van der Waals surface area contributed by atoms with E-state index in [1.165, 1.54) is 0 Å². The molecule has 0 aliphatic heterocycles. The molecule has 0 atom stereocenters. The highest BCUT2D eigenvalue weighted by Crippen LogP contribution is 2.31. The summed E-state index contributed by atoms with van der Waals surface area (Å²) in [6, 6.07) is 12.8. The monoisotopic (exact) mass is 430 g/mol. The van der Waals surface area contributed by atoms with E-state index in [1.807, 2.05) is 48.6 Å². The molecule has 0 spiro atoms. The number of anilines is 3. The van der Waals surface area contributed by atoms with Crippen molar-refractivity contribution in [1.82, 2.24) is 4.90 Å². The molecule has 0 radical (unpaired) electrons. The van der Waals surface area contributed by atoms with Crippen molar-refractivity contribution in [2.45, 2.75) is 0 Å². The molecule has 2 heterocycles. The minimum absolute atomic E-state index is 0.289. The normalized spacial score (nSPS) is 10.7. The van der Waals surface area contributed by atoms with Gasteiger partial charge in [0, 0.05) is 11.4 Å². The molecular weight excluding hydrogens is 408 g/mol. The second kappa shape index (κ2) is 9.55. The Hall–Kier alpha value is -2.88. The van der Waals surface area contributed by atoms with Crippen molar-refractivity contribution in [3.05, 3.63) is 52.7 Å². The first-order valence-corrected chi connectivity index (χ1v) is 10.5. The van der Waals surface area contributed by atoms with Crippen LogP contribution in [0.4, 0.5) is 21.2 Å². The van der Waals surface area contributed by atoms with Crippen LogP contribution in [-0.4, -0.2) is 44.1 Å². The number of nitrogens with two attached hydrogens (primary N) is 1. The minimum Gasteiger partial charge on any atom is -0.448 e. The summed E-state index contributed by atoms with van der Waals surface area (Å²) in [5.74, 6) is -0.293. The number of likely N-dealkylation sites (N-methyl/N-ethyl adjacent to an activating group) is 1. The van der Waals surface area contributed by atoms with Crippen LogP contribution in [0.15, 0.2) is 47.8 Å². The Morgan fingerprint density at radius 2 is 1.97 bits per heavy atom. The maximum atomic E-state index is 12.6. The topological polar surface area (TPSA) is 96.7 Å². The SMILES string of the molecule is CN(C)CCOC(=O)Nc1ccc(C(=O)Nc2cc(-c3cccs3)ccc2N)s1. The van der Waals surface area contributed by atoms with Crippen LogP contribution in [0.2, 0.25) is 0 Å². The van der Waals surface area contributed by atoms with Gasteiger partial charge in [0.05, 0.1) is 21.3 Å². The molecule has 2 amide bonds. The van der Waals surface area contributed by atoms with E-state index in [1.54, 1.807) is 29.5 Å². The molecule has 152 valence electrons. The van der Waals surface area contributed by atoms with Gasteiger partial charge in [-0.3, -0.25) is 10.1 Å². The lowest BCUT2D eigenvalue weighted by molar-refractivity contribution is 0.103. The van der Waals surface area contributed by atoms with Crippen LogP contribution in [-0.2, 0) is 4.74 Å². The first-order valence-electron chi connectivity index (χ1n) is 8.85. The van der Waals surface area contributed by atoms with Crippen molar-refractivity contribution >= 4 is 51.0 Å². The highest BCUT2D eigenvalue weighted by Gasteiger charge is 2.14. The van der Waals surface area contributed by atoms with E-state index in [0.29, 0.717) is 27.8 Å². The Labute approximate surface area is 177 Å². The second-order valence-corrected chi connectivity index (χ2v) is 8.49. The number of carbonyl (C=O) groups excluding carboxylic acids is 2. The summed E-state index contributed by atoms with van der Waals surface area (Å²) in [5.41, 5.74) is 8.04. The van der Waals surface area contributed by atoms with Gasteiger partial charge in [-0.05, 0) is 55.4 Å². The van der Waals surface area contributed by atoms with E-state index in [2.05, 4.69) is 10.6 Å². The number of nitrogen functional groups attached to an aromatic ring is 1. The molecule has 3 rings (SSSR count). The lowest BCUT2D eigenvalue weighted by atomic mass is 10.1. The number of thiophene rings is 2. The number of amides is 2. The fraction of sp³-hybridized carbons (Fsp3) is 0.200. The number of nitrogens with one attached hydrogen (secondary N) is 2. The molecule has 4 N–H and O–H groups in total.